The summed E-state index contributed by atoms with van der Waals surface area (Å²) in [6.07, 6.45) is 0. The molecule has 0 aromatic heterocycles. The first-order valence-corrected chi connectivity index (χ1v) is 16.4. The van der Waals surface area contributed by atoms with E-state index in [0.717, 1.165) is 52.0 Å². The van der Waals surface area contributed by atoms with Crippen molar-refractivity contribution in [1.82, 2.24) is 0 Å². The van der Waals surface area contributed by atoms with E-state index < -0.39 is 10.1 Å². The third-order valence-corrected chi connectivity index (χ3v) is 10.6. The van der Waals surface area contributed by atoms with Crippen LogP contribution in [-0.4, -0.2) is 34.2 Å². The third kappa shape index (κ3) is 5.83. The van der Waals surface area contributed by atoms with Crippen molar-refractivity contribution in [2.24, 2.45) is 0 Å². The summed E-state index contributed by atoms with van der Waals surface area (Å²) in [5.41, 5.74) is 7.63. The fourth-order valence-electron chi connectivity index (χ4n) is 6.11. The molecule has 240 valence electrons. The zero-order valence-corrected chi connectivity index (χ0v) is 28.3. The molecule has 0 bridgehead atoms. The molecule has 0 fully saturated rings. The van der Waals surface area contributed by atoms with Gasteiger partial charge < -0.3 is 10.6 Å². The van der Waals surface area contributed by atoms with E-state index in [2.05, 4.69) is 20.6 Å². The van der Waals surface area contributed by atoms with Crippen LogP contribution in [0.1, 0.15) is 65.2 Å². The highest BCUT2D eigenvalue weighted by molar-refractivity contribution is 7.94. The van der Waals surface area contributed by atoms with Crippen molar-refractivity contribution >= 4 is 56.5 Å². The number of nitrogens with one attached hydrogen (secondary N) is 2. The highest BCUT2D eigenvalue weighted by Crippen LogP contribution is 2.41. The number of fused-ring (bicyclic) bond motifs is 2. The van der Waals surface area contributed by atoms with Crippen molar-refractivity contribution in [1.29, 1.82) is 0 Å². The van der Waals surface area contributed by atoms with E-state index >= 15 is 0 Å². The molecule has 1 aliphatic rings. The lowest BCUT2D eigenvalue weighted by molar-refractivity contribution is -0.447. The Hall–Kier alpha value is -4.04. The van der Waals surface area contributed by atoms with Gasteiger partial charge in [-0.3, -0.25) is 13.8 Å². The lowest BCUT2D eigenvalue weighted by Crippen LogP contribution is -2.23. The second-order valence-corrected chi connectivity index (χ2v) is 13.4. The largest absolute Gasteiger partial charge is 0.354 e. The SMILES string of the molecule is COOOSc1c(C)cc(C)c(Nc2cccc3c2C(=O)c2cccc(Nc4c(C)cc(C)c(S(=O)(=O)OC)c4C)c2C3=O)c1C. The van der Waals surface area contributed by atoms with Crippen molar-refractivity contribution in [2.75, 3.05) is 24.9 Å². The van der Waals surface area contributed by atoms with Crippen LogP contribution in [0.25, 0.3) is 0 Å². The molecule has 46 heavy (non-hydrogen) atoms. The molecule has 4 aromatic rings. The van der Waals surface area contributed by atoms with Crippen LogP contribution in [0.4, 0.5) is 22.7 Å². The van der Waals surface area contributed by atoms with Gasteiger partial charge in [-0.2, -0.15) is 8.42 Å². The normalized spacial score (nSPS) is 12.6. The van der Waals surface area contributed by atoms with Crippen LogP contribution in [-0.2, 0) is 28.6 Å². The molecule has 0 saturated carbocycles. The van der Waals surface area contributed by atoms with Crippen LogP contribution < -0.4 is 10.6 Å². The monoisotopic (exact) mass is 662 g/mol. The maximum atomic E-state index is 14.2. The van der Waals surface area contributed by atoms with Gasteiger partial charge in [0.25, 0.3) is 10.1 Å². The average molecular weight is 663 g/mol. The summed E-state index contributed by atoms with van der Waals surface area (Å²) >= 11 is 1.00. The maximum Gasteiger partial charge on any atom is 0.297 e. The van der Waals surface area contributed by atoms with E-state index in [9.17, 15) is 18.0 Å². The number of carbonyl (C=O) groups excluding carboxylic acids is 2. The molecular formula is C34H34N2O8S2. The fraction of sp³-hybridized carbons (Fsp3) is 0.235. The summed E-state index contributed by atoms with van der Waals surface area (Å²) in [4.78, 5) is 33.7. The molecule has 12 heteroatoms. The molecule has 4 aromatic carbocycles. The van der Waals surface area contributed by atoms with Crippen molar-refractivity contribution in [3.8, 4) is 0 Å². The summed E-state index contributed by atoms with van der Waals surface area (Å²) < 4.78 is 35.4. The Labute approximate surface area is 272 Å². The van der Waals surface area contributed by atoms with Crippen LogP contribution >= 0.6 is 12.0 Å². The van der Waals surface area contributed by atoms with E-state index in [1.54, 1.807) is 56.3 Å². The molecule has 0 unspecified atom stereocenters. The maximum absolute atomic E-state index is 14.2. The topological polar surface area (TPSA) is 129 Å². The molecule has 10 nitrogen and oxygen atoms in total. The predicted octanol–water partition coefficient (Wildman–Crippen LogP) is 7.65. The fourth-order valence-corrected chi connectivity index (χ4v) is 7.78. The molecule has 2 N–H and O–H groups in total. The summed E-state index contributed by atoms with van der Waals surface area (Å²) in [5.74, 6) is -0.646. The number of ketones is 2. The Morgan fingerprint density at radius 3 is 1.67 bits per heavy atom. The van der Waals surface area contributed by atoms with Crippen LogP contribution in [0.2, 0.25) is 0 Å². The lowest BCUT2D eigenvalue weighted by atomic mass is 9.82. The Kier molecular flexibility index (Phi) is 9.41. The van der Waals surface area contributed by atoms with E-state index in [1.807, 2.05) is 33.8 Å². The predicted molar refractivity (Wildman–Crippen MR) is 177 cm³/mol. The highest BCUT2D eigenvalue weighted by Gasteiger charge is 2.34. The summed E-state index contributed by atoms with van der Waals surface area (Å²) in [7, 11) is -1.55. The van der Waals surface area contributed by atoms with Crippen LogP contribution in [0.3, 0.4) is 0 Å². The van der Waals surface area contributed by atoms with Crippen LogP contribution in [0.15, 0.2) is 58.3 Å². The molecular weight excluding hydrogens is 629 g/mol. The van der Waals surface area contributed by atoms with Gasteiger partial charge in [-0.15, -0.1) is 4.33 Å². The van der Waals surface area contributed by atoms with Gasteiger partial charge in [0.05, 0.1) is 48.8 Å². The second kappa shape index (κ2) is 13.0. The second-order valence-electron chi connectivity index (χ2n) is 11.1. The average Bonchev–Trinajstić information content (AvgIpc) is 3.01. The third-order valence-electron chi connectivity index (χ3n) is 8.08. The van der Waals surface area contributed by atoms with Crippen molar-refractivity contribution < 1.29 is 36.4 Å². The van der Waals surface area contributed by atoms with Gasteiger partial charge >= 0.3 is 0 Å². The number of rotatable bonds is 10. The van der Waals surface area contributed by atoms with Gasteiger partial charge in [-0.05, 0) is 87.1 Å². The minimum absolute atomic E-state index is 0.0531. The van der Waals surface area contributed by atoms with Crippen molar-refractivity contribution in [2.45, 2.75) is 51.3 Å². The van der Waals surface area contributed by atoms with Gasteiger partial charge in [0.15, 0.2) is 11.6 Å². The Bertz CT molecular complexity index is 2020. The minimum atomic E-state index is -4.00. The first-order chi connectivity index (χ1) is 21.8. The van der Waals surface area contributed by atoms with Gasteiger partial charge in [0.1, 0.15) is 4.90 Å². The van der Waals surface area contributed by atoms with Gasteiger partial charge in [-0.1, -0.05) is 41.4 Å². The number of aryl methyl sites for hydroxylation is 4. The zero-order chi connectivity index (χ0) is 33.5. The summed E-state index contributed by atoms with van der Waals surface area (Å²) in [6.45, 7) is 11.1. The molecule has 1 aliphatic carbocycles. The quantitative estimate of drug-likeness (QED) is 0.0503. The Balaban J connectivity index is 1.57. The lowest BCUT2D eigenvalue weighted by Gasteiger charge is -2.25. The first-order valence-electron chi connectivity index (χ1n) is 14.3. The molecule has 0 radical (unpaired) electrons. The Morgan fingerprint density at radius 1 is 0.674 bits per heavy atom. The van der Waals surface area contributed by atoms with Crippen molar-refractivity contribution in [3.05, 3.63) is 104 Å². The molecule has 0 heterocycles. The van der Waals surface area contributed by atoms with Crippen LogP contribution in [0.5, 0.6) is 0 Å². The molecule has 0 amide bonds. The molecule has 0 aliphatic heterocycles. The number of carbonyl (C=O) groups is 2. The van der Waals surface area contributed by atoms with Crippen LogP contribution in [0, 0.1) is 41.5 Å². The number of hydrogen-bond acceptors (Lipinski definition) is 11. The Morgan fingerprint density at radius 2 is 1.17 bits per heavy atom. The number of hydrogen-bond donors (Lipinski definition) is 2. The minimum Gasteiger partial charge on any atom is -0.354 e. The summed E-state index contributed by atoms with van der Waals surface area (Å²) in [6, 6.07) is 13.9. The number of benzene rings is 4. The van der Waals surface area contributed by atoms with Crippen molar-refractivity contribution in [3.63, 3.8) is 0 Å². The first kappa shape index (κ1) is 33.3. The van der Waals surface area contributed by atoms with E-state index in [4.69, 9.17) is 8.52 Å². The van der Waals surface area contributed by atoms with Gasteiger partial charge in [-0.25, -0.2) is 4.89 Å². The molecule has 0 spiro atoms. The molecule has 0 saturated heterocycles. The smallest absolute Gasteiger partial charge is 0.297 e. The van der Waals surface area contributed by atoms with E-state index in [0.29, 0.717) is 28.2 Å². The summed E-state index contributed by atoms with van der Waals surface area (Å²) in [5, 5.41) is 11.3. The standard InChI is InChI=1S/C34H34N2O8S2/c1-17-15-19(3)33(45-44-43-41-7)21(5)29(17)35-25-13-9-11-23-27(25)31(37)24-12-10-14-26(28(24)32(23)38)36-30-18(2)16-20(4)34(22(30)6)46(39,40)42-8/h9-16,35-36H,1-8H3. The van der Waals surface area contributed by atoms with E-state index in [-0.39, 0.29) is 38.7 Å². The molecule has 0 atom stereocenters. The highest BCUT2D eigenvalue weighted by atomic mass is 32.2. The van der Waals surface area contributed by atoms with Gasteiger partial charge in [0, 0.05) is 27.4 Å². The number of anilines is 4. The molecule has 5 rings (SSSR count). The zero-order valence-electron chi connectivity index (χ0n) is 26.7. The van der Waals surface area contributed by atoms with E-state index in [1.165, 1.54) is 7.11 Å². The van der Waals surface area contributed by atoms with Gasteiger partial charge in [0.2, 0.25) is 0 Å².